The molecule has 0 spiro atoms. The van der Waals surface area contributed by atoms with Crippen molar-refractivity contribution in [3.8, 4) is 11.5 Å². The molecule has 2 aromatic carbocycles. The summed E-state index contributed by atoms with van der Waals surface area (Å²) in [4.78, 5) is 0.0315. The van der Waals surface area contributed by atoms with Crippen LogP contribution in [0.25, 0.3) is 0 Å². The molecule has 0 fully saturated rings. The van der Waals surface area contributed by atoms with E-state index in [0.29, 0.717) is 11.6 Å². The van der Waals surface area contributed by atoms with E-state index in [-0.39, 0.29) is 22.9 Å². The second kappa shape index (κ2) is 7.88. The largest absolute Gasteiger partial charge is 0.495 e. The molecule has 0 unspecified atom stereocenters. The smallest absolute Gasteiger partial charge is 0.247 e. The zero-order valence-corrected chi connectivity index (χ0v) is 15.4. The number of nitrogens with zero attached hydrogens (tertiary/aromatic N) is 1. The molecule has 7 heteroatoms. The van der Waals surface area contributed by atoms with Crippen LogP contribution in [0.5, 0.6) is 11.5 Å². The third-order valence-electron chi connectivity index (χ3n) is 3.61. The molecule has 0 heterocycles. The monoisotopic (exact) mass is 369 g/mol. The van der Waals surface area contributed by atoms with Crippen LogP contribution in [-0.4, -0.2) is 33.5 Å². The number of rotatable bonds is 7. The van der Waals surface area contributed by atoms with E-state index in [1.54, 1.807) is 6.92 Å². The van der Waals surface area contributed by atoms with E-state index >= 15 is 0 Å². The fourth-order valence-electron chi connectivity index (χ4n) is 2.33. The van der Waals surface area contributed by atoms with Gasteiger partial charge in [0, 0.05) is 25.2 Å². The highest BCUT2D eigenvalue weighted by molar-refractivity contribution is 7.89. The fraction of sp³-hybridized carbons (Fsp3) is 0.294. The SMILES string of the molecule is CCN(Cc1ccccc1)S(=O)(=O)c1cc(OC)c(Cl)cc1OC. The van der Waals surface area contributed by atoms with Gasteiger partial charge in [0.1, 0.15) is 16.4 Å². The average molecular weight is 370 g/mol. The van der Waals surface area contributed by atoms with Crippen LogP contribution in [0.2, 0.25) is 5.02 Å². The highest BCUT2D eigenvalue weighted by atomic mass is 35.5. The number of sulfonamides is 1. The second-order valence-corrected chi connectivity index (χ2v) is 7.37. The zero-order valence-electron chi connectivity index (χ0n) is 13.8. The van der Waals surface area contributed by atoms with Gasteiger partial charge in [-0.05, 0) is 5.56 Å². The molecule has 0 saturated carbocycles. The lowest BCUT2D eigenvalue weighted by Gasteiger charge is -2.22. The number of methoxy groups -OCH3 is 2. The maximum absolute atomic E-state index is 13.1. The predicted octanol–water partition coefficient (Wildman–Crippen LogP) is 3.57. The van der Waals surface area contributed by atoms with Crippen LogP contribution in [0.3, 0.4) is 0 Å². The highest BCUT2D eigenvalue weighted by Gasteiger charge is 2.28. The molecule has 0 N–H and O–H groups in total. The number of hydrogen-bond donors (Lipinski definition) is 0. The van der Waals surface area contributed by atoms with Crippen molar-refractivity contribution in [2.45, 2.75) is 18.4 Å². The van der Waals surface area contributed by atoms with Gasteiger partial charge in [-0.3, -0.25) is 0 Å². The van der Waals surface area contributed by atoms with Crippen molar-refractivity contribution in [2.24, 2.45) is 0 Å². The van der Waals surface area contributed by atoms with E-state index < -0.39 is 10.0 Å². The molecule has 0 aromatic heterocycles. The Hall–Kier alpha value is -1.76. The second-order valence-electron chi connectivity index (χ2n) is 5.05. The molecular weight excluding hydrogens is 350 g/mol. The highest BCUT2D eigenvalue weighted by Crippen LogP contribution is 2.36. The first kappa shape index (κ1) is 18.6. The maximum atomic E-state index is 13.1. The van der Waals surface area contributed by atoms with Gasteiger partial charge in [-0.25, -0.2) is 8.42 Å². The molecule has 0 aliphatic heterocycles. The molecule has 0 atom stereocenters. The van der Waals surface area contributed by atoms with Crippen molar-refractivity contribution >= 4 is 21.6 Å². The third kappa shape index (κ3) is 3.83. The van der Waals surface area contributed by atoms with Gasteiger partial charge in [-0.2, -0.15) is 4.31 Å². The Labute approximate surface area is 147 Å². The molecule has 2 rings (SSSR count). The van der Waals surface area contributed by atoms with Gasteiger partial charge in [0.2, 0.25) is 10.0 Å². The Morgan fingerprint density at radius 1 is 1.04 bits per heavy atom. The van der Waals surface area contributed by atoms with Gasteiger partial charge >= 0.3 is 0 Å². The molecule has 2 aromatic rings. The number of ether oxygens (including phenoxy) is 2. The van der Waals surface area contributed by atoms with Crippen molar-refractivity contribution in [3.05, 3.63) is 53.1 Å². The van der Waals surface area contributed by atoms with Crippen molar-refractivity contribution in [1.29, 1.82) is 0 Å². The molecular formula is C17H20ClNO4S. The van der Waals surface area contributed by atoms with Gasteiger partial charge in [-0.1, -0.05) is 48.9 Å². The summed E-state index contributed by atoms with van der Waals surface area (Å²) in [5, 5.41) is 0.291. The first-order valence-electron chi connectivity index (χ1n) is 7.39. The molecule has 5 nitrogen and oxygen atoms in total. The average Bonchev–Trinajstić information content (AvgIpc) is 2.59. The topological polar surface area (TPSA) is 55.8 Å². The first-order valence-corrected chi connectivity index (χ1v) is 9.21. The van der Waals surface area contributed by atoms with Crippen LogP contribution in [0.4, 0.5) is 0 Å². The summed E-state index contributed by atoms with van der Waals surface area (Å²) in [6.45, 7) is 2.39. The first-order chi connectivity index (χ1) is 11.4. The minimum atomic E-state index is -3.77. The van der Waals surface area contributed by atoms with Crippen LogP contribution < -0.4 is 9.47 Å². The number of benzene rings is 2. The Kier molecular flexibility index (Phi) is 6.10. The van der Waals surface area contributed by atoms with E-state index in [9.17, 15) is 8.42 Å². The lowest BCUT2D eigenvalue weighted by atomic mass is 10.2. The molecule has 0 saturated heterocycles. The fourth-order valence-corrected chi connectivity index (χ4v) is 4.15. The minimum absolute atomic E-state index is 0.0315. The Morgan fingerprint density at radius 3 is 2.21 bits per heavy atom. The van der Waals surface area contributed by atoms with E-state index in [1.807, 2.05) is 30.3 Å². The predicted molar refractivity (Wildman–Crippen MR) is 94.3 cm³/mol. The van der Waals surface area contributed by atoms with E-state index in [0.717, 1.165) is 5.56 Å². The summed E-state index contributed by atoms with van der Waals surface area (Å²) in [6.07, 6.45) is 0. The zero-order chi connectivity index (χ0) is 17.7. The Balaban J connectivity index is 2.47. The summed E-state index contributed by atoms with van der Waals surface area (Å²) >= 11 is 6.06. The standard InChI is InChI=1S/C17H20ClNO4S/c1-4-19(12-13-8-6-5-7-9-13)24(20,21)17-11-15(22-2)14(18)10-16(17)23-3/h5-11H,4,12H2,1-3H3. The summed E-state index contributed by atoms with van der Waals surface area (Å²) in [6, 6.07) is 12.3. The summed E-state index contributed by atoms with van der Waals surface area (Å²) < 4.78 is 37.9. The van der Waals surface area contributed by atoms with E-state index in [2.05, 4.69) is 0 Å². The molecule has 0 bridgehead atoms. The lowest BCUT2D eigenvalue weighted by Crippen LogP contribution is -2.30. The lowest BCUT2D eigenvalue weighted by molar-refractivity contribution is 0.383. The molecule has 0 aliphatic rings. The molecule has 0 aliphatic carbocycles. The summed E-state index contributed by atoms with van der Waals surface area (Å²) in [5.41, 5.74) is 0.905. The van der Waals surface area contributed by atoms with Gasteiger partial charge in [0.25, 0.3) is 0 Å². The van der Waals surface area contributed by atoms with E-state index in [4.69, 9.17) is 21.1 Å². The van der Waals surface area contributed by atoms with E-state index in [1.165, 1.54) is 30.7 Å². The van der Waals surface area contributed by atoms with Gasteiger partial charge in [0.15, 0.2) is 0 Å². The molecule has 24 heavy (non-hydrogen) atoms. The summed E-state index contributed by atoms with van der Waals surface area (Å²) in [7, 11) is -0.928. The van der Waals surface area contributed by atoms with Gasteiger partial charge < -0.3 is 9.47 Å². The van der Waals surface area contributed by atoms with Crippen LogP contribution in [0.1, 0.15) is 12.5 Å². The third-order valence-corrected chi connectivity index (χ3v) is 5.85. The Morgan fingerprint density at radius 2 is 1.67 bits per heavy atom. The van der Waals surface area contributed by atoms with Crippen molar-refractivity contribution in [2.75, 3.05) is 20.8 Å². The van der Waals surface area contributed by atoms with Crippen molar-refractivity contribution in [3.63, 3.8) is 0 Å². The van der Waals surface area contributed by atoms with Crippen LogP contribution >= 0.6 is 11.6 Å². The molecule has 130 valence electrons. The minimum Gasteiger partial charge on any atom is -0.495 e. The Bertz CT molecular complexity index is 794. The van der Waals surface area contributed by atoms with Gasteiger partial charge in [-0.15, -0.1) is 0 Å². The quantitative estimate of drug-likeness (QED) is 0.748. The molecule has 0 radical (unpaired) electrons. The maximum Gasteiger partial charge on any atom is 0.247 e. The number of halogens is 1. The van der Waals surface area contributed by atoms with Crippen molar-refractivity contribution in [1.82, 2.24) is 4.31 Å². The van der Waals surface area contributed by atoms with Gasteiger partial charge in [0.05, 0.1) is 19.2 Å². The summed E-state index contributed by atoms with van der Waals surface area (Å²) in [5.74, 6) is 0.471. The molecule has 0 amide bonds. The normalized spacial score (nSPS) is 11.5. The van der Waals surface area contributed by atoms with Crippen LogP contribution in [0, 0.1) is 0 Å². The number of hydrogen-bond acceptors (Lipinski definition) is 4. The van der Waals surface area contributed by atoms with Crippen LogP contribution in [-0.2, 0) is 16.6 Å². The van der Waals surface area contributed by atoms with Crippen molar-refractivity contribution < 1.29 is 17.9 Å². The van der Waals surface area contributed by atoms with Crippen LogP contribution in [0.15, 0.2) is 47.4 Å².